The molecule has 3 rings (SSSR count). The van der Waals surface area contributed by atoms with Crippen molar-refractivity contribution in [1.82, 2.24) is 29.7 Å². The summed E-state index contributed by atoms with van der Waals surface area (Å²) in [6, 6.07) is 1.85. The zero-order chi connectivity index (χ0) is 15.2. The minimum atomic E-state index is 0.844. The molecule has 118 valence electrons. The van der Waals surface area contributed by atoms with Gasteiger partial charge < -0.3 is 14.8 Å². The molecule has 3 heterocycles. The van der Waals surface area contributed by atoms with Crippen molar-refractivity contribution in [3.63, 3.8) is 0 Å². The van der Waals surface area contributed by atoms with Gasteiger partial charge in [-0.25, -0.2) is 15.0 Å². The average molecular weight is 301 g/mol. The Bertz CT molecular complexity index is 560. The molecule has 0 unspecified atom stereocenters. The van der Waals surface area contributed by atoms with E-state index in [1.807, 2.05) is 30.2 Å². The molecule has 2 aromatic heterocycles. The zero-order valence-electron chi connectivity index (χ0n) is 13.0. The fourth-order valence-corrected chi connectivity index (χ4v) is 2.63. The van der Waals surface area contributed by atoms with Crippen LogP contribution in [0.25, 0.3) is 0 Å². The summed E-state index contributed by atoms with van der Waals surface area (Å²) in [5.74, 6) is 0.844. The molecule has 0 bridgehead atoms. The van der Waals surface area contributed by atoms with Crippen LogP contribution in [0.5, 0.6) is 0 Å². The fourth-order valence-electron chi connectivity index (χ4n) is 2.63. The molecule has 0 amide bonds. The summed E-state index contributed by atoms with van der Waals surface area (Å²) in [4.78, 5) is 17.5. The minimum absolute atomic E-state index is 0.844. The lowest BCUT2D eigenvalue weighted by Gasteiger charge is -2.34. The number of hydrogen-bond acceptors (Lipinski definition) is 6. The highest BCUT2D eigenvalue weighted by atomic mass is 15.3. The molecule has 0 spiro atoms. The van der Waals surface area contributed by atoms with Gasteiger partial charge in [0.2, 0.25) is 5.95 Å². The Labute approximate surface area is 131 Å². The number of hydrogen-bond donors (Lipinski definition) is 1. The summed E-state index contributed by atoms with van der Waals surface area (Å²) < 4.78 is 2.05. The Morgan fingerprint density at radius 3 is 2.59 bits per heavy atom. The maximum absolute atomic E-state index is 4.32. The van der Waals surface area contributed by atoms with E-state index in [-0.39, 0.29) is 0 Å². The molecule has 1 N–H and O–H groups in total. The van der Waals surface area contributed by atoms with Gasteiger partial charge in [0.15, 0.2) is 0 Å². The molecule has 1 fully saturated rings. The van der Waals surface area contributed by atoms with Crippen LogP contribution in [0.4, 0.5) is 5.95 Å². The van der Waals surface area contributed by atoms with Gasteiger partial charge in [-0.3, -0.25) is 4.90 Å². The normalized spacial score (nSPS) is 16.1. The zero-order valence-corrected chi connectivity index (χ0v) is 13.0. The van der Waals surface area contributed by atoms with Crippen LogP contribution in [0, 0.1) is 0 Å². The van der Waals surface area contributed by atoms with Crippen LogP contribution in [-0.2, 0) is 13.6 Å². The number of anilines is 1. The molecule has 7 heteroatoms. The van der Waals surface area contributed by atoms with Crippen LogP contribution in [0.15, 0.2) is 31.0 Å². The third-order valence-electron chi connectivity index (χ3n) is 4.03. The maximum Gasteiger partial charge on any atom is 0.225 e. The lowest BCUT2D eigenvalue weighted by atomic mass is 10.3. The van der Waals surface area contributed by atoms with Crippen LogP contribution in [0.2, 0.25) is 0 Å². The first-order valence-corrected chi connectivity index (χ1v) is 7.73. The molecule has 1 aliphatic heterocycles. The van der Waals surface area contributed by atoms with E-state index in [1.54, 1.807) is 12.4 Å². The first-order chi connectivity index (χ1) is 10.8. The molecule has 2 aromatic rings. The van der Waals surface area contributed by atoms with E-state index in [4.69, 9.17) is 0 Å². The number of aryl methyl sites for hydroxylation is 1. The van der Waals surface area contributed by atoms with Gasteiger partial charge in [0.05, 0.1) is 12.0 Å². The van der Waals surface area contributed by atoms with Gasteiger partial charge in [0.1, 0.15) is 0 Å². The fraction of sp³-hybridized carbons (Fsp3) is 0.533. The third-order valence-corrected chi connectivity index (χ3v) is 4.03. The van der Waals surface area contributed by atoms with Gasteiger partial charge in [-0.2, -0.15) is 0 Å². The summed E-state index contributed by atoms with van der Waals surface area (Å²) in [6.07, 6.45) is 7.35. The smallest absolute Gasteiger partial charge is 0.225 e. The highest BCUT2D eigenvalue weighted by Gasteiger charge is 2.18. The van der Waals surface area contributed by atoms with Gasteiger partial charge in [-0.15, -0.1) is 0 Å². The van der Waals surface area contributed by atoms with Crippen molar-refractivity contribution in [2.75, 3.05) is 44.2 Å². The lowest BCUT2D eigenvalue weighted by Crippen LogP contribution is -2.48. The van der Waals surface area contributed by atoms with E-state index in [2.05, 4.69) is 30.1 Å². The molecule has 1 aliphatic rings. The second-order valence-corrected chi connectivity index (χ2v) is 5.55. The van der Waals surface area contributed by atoms with Crippen LogP contribution >= 0.6 is 0 Å². The topological polar surface area (TPSA) is 62.1 Å². The van der Waals surface area contributed by atoms with E-state index in [9.17, 15) is 0 Å². The largest absolute Gasteiger partial charge is 0.338 e. The Balaban J connectivity index is 1.35. The number of nitrogens with one attached hydrogen (secondary N) is 1. The van der Waals surface area contributed by atoms with Crippen molar-refractivity contribution >= 4 is 5.95 Å². The molecular formula is C15H23N7. The van der Waals surface area contributed by atoms with Crippen LogP contribution < -0.4 is 10.2 Å². The number of rotatable bonds is 6. The minimum Gasteiger partial charge on any atom is -0.338 e. The van der Waals surface area contributed by atoms with Gasteiger partial charge >= 0.3 is 0 Å². The molecule has 0 saturated carbocycles. The van der Waals surface area contributed by atoms with Crippen molar-refractivity contribution in [2.45, 2.75) is 6.54 Å². The maximum atomic E-state index is 4.32. The molecule has 22 heavy (non-hydrogen) atoms. The second kappa shape index (κ2) is 7.33. The molecular weight excluding hydrogens is 278 g/mol. The summed E-state index contributed by atoms with van der Waals surface area (Å²) >= 11 is 0. The molecule has 7 nitrogen and oxygen atoms in total. The number of piperazine rings is 1. The summed E-state index contributed by atoms with van der Waals surface area (Å²) in [6.45, 7) is 7.04. The predicted octanol–water partition coefficient (Wildman–Crippen LogP) is 0.122. The predicted molar refractivity (Wildman–Crippen MR) is 85.6 cm³/mol. The van der Waals surface area contributed by atoms with E-state index >= 15 is 0 Å². The second-order valence-electron chi connectivity index (χ2n) is 5.55. The van der Waals surface area contributed by atoms with E-state index < -0.39 is 0 Å². The Morgan fingerprint density at radius 2 is 1.91 bits per heavy atom. The van der Waals surface area contributed by atoms with Crippen molar-refractivity contribution in [1.29, 1.82) is 0 Å². The molecule has 0 radical (unpaired) electrons. The van der Waals surface area contributed by atoms with Crippen LogP contribution in [-0.4, -0.2) is 63.7 Å². The first kappa shape index (κ1) is 14.9. The van der Waals surface area contributed by atoms with E-state index in [1.165, 1.54) is 5.69 Å². The third kappa shape index (κ3) is 3.80. The number of aromatic nitrogens is 4. The summed E-state index contributed by atoms with van der Waals surface area (Å²) in [7, 11) is 2.02. The Kier molecular flexibility index (Phi) is 4.97. The SMILES string of the molecule is Cn1cncc1CNCCN1CCN(c2ncccn2)CC1. The standard InChI is InChI=1S/C15H23N7/c1-20-13-17-12-14(20)11-16-5-6-21-7-9-22(10-8-21)15-18-3-2-4-19-15/h2-4,12-13,16H,5-11H2,1H3. The van der Waals surface area contributed by atoms with Gasteiger partial charge in [-0.1, -0.05) is 0 Å². The van der Waals surface area contributed by atoms with Gasteiger partial charge in [0.25, 0.3) is 0 Å². The van der Waals surface area contributed by atoms with Gasteiger partial charge in [-0.05, 0) is 6.07 Å². The van der Waals surface area contributed by atoms with Crippen molar-refractivity contribution in [2.24, 2.45) is 7.05 Å². The number of imidazole rings is 1. The Hall–Kier alpha value is -1.99. The monoisotopic (exact) mass is 301 g/mol. The van der Waals surface area contributed by atoms with E-state index in [0.717, 1.165) is 51.8 Å². The molecule has 0 atom stereocenters. The molecule has 1 saturated heterocycles. The lowest BCUT2D eigenvalue weighted by molar-refractivity contribution is 0.256. The Morgan fingerprint density at radius 1 is 1.14 bits per heavy atom. The van der Waals surface area contributed by atoms with Gasteiger partial charge in [0, 0.05) is 71.5 Å². The average Bonchev–Trinajstić information content (AvgIpc) is 2.98. The van der Waals surface area contributed by atoms with Crippen molar-refractivity contribution in [3.8, 4) is 0 Å². The quantitative estimate of drug-likeness (QED) is 0.765. The molecule has 0 aromatic carbocycles. The van der Waals surface area contributed by atoms with Crippen LogP contribution in [0.3, 0.4) is 0 Å². The van der Waals surface area contributed by atoms with Crippen molar-refractivity contribution in [3.05, 3.63) is 36.7 Å². The highest BCUT2D eigenvalue weighted by Crippen LogP contribution is 2.09. The van der Waals surface area contributed by atoms with Crippen LogP contribution in [0.1, 0.15) is 5.69 Å². The summed E-state index contributed by atoms with van der Waals surface area (Å²) in [5.41, 5.74) is 1.21. The number of nitrogens with zero attached hydrogens (tertiary/aromatic N) is 6. The first-order valence-electron chi connectivity index (χ1n) is 7.73. The summed E-state index contributed by atoms with van der Waals surface area (Å²) in [5, 5.41) is 3.48. The highest BCUT2D eigenvalue weighted by molar-refractivity contribution is 5.29. The molecule has 0 aliphatic carbocycles. The van der Waals surface area contributed by atoms with Crippen molar-refractivity contribution < 1.29 is 0 Å². The van der Waals surface area contributed by atoms with E-state index in [0.29, 0.717) is 0 Å².